The quantitative estimate of drug-likeness (QED) is 0.191. The molecule has 4 heterocycles. The minimum Gasteiger partial charge on any atom is -0.455 e. The van der Waals surface area contributed by atoms with Crippen molar-refractivity contribution in [1.82, 2.24) is 9.88 Å². The maximum absolute atomic E-state index is 6.90. The van der Waals surface area contributed by atoms with Crippen molar-refractivity contribution in [1.29, 1.82) is 0 Å². The molecule has 0 radical (unpaired) electrons. The zero-order valence-corrected chi connectivity index (χ0v) is 31.4. The molecule has 0 saturated carbocycles. The Bertz CT molecular complexity index is 3450. The predicted octanol–water partition coefficient (Wildman–Crippen LogP) is 13.2. The first kappa shape index (κ1) is 32.0. The van der Waals surface area contributed by atoms with Crippen LogP contribution >= 0.6 is 11.3 Å². The van der Waals surface area contributed by atoms with E-state index in [2.05, 4.69) is 174 Å². The molecule has 0 saturated heterocycles. The van der Waals surface area contributed by atoms with Gasteiger partial charge in [0.1, 0.15) is 23.2 Å². The van der Waals surface area contributed by atoms with E-state index in [-0.39, 0.29) is 6.17 Å². The lowest BCUT2D eigenvalue weighted by Crippen LogP contribution is -2.33. The van der Waals surface area contributed by atoms with Crippen LogP contribution in [-0.4, -0.2) is 16.2 Å². The molecule has 1 atom stereocenters. The van der Waals surface area contributed by atoms with E-state index in [1.807, 2.05) is 29.5 Å². The molecule has 1 aliphatic heterocycles. The van der Waals surface area contributed by atoms with Crippen LogP contribution in [0.25, 0.3) is 80.7 Å². The topological polar surface area (TPSA) is 54.8 Å². The summed E-state index contributed by atoms with van der Waals surface area (Å²) in [5, 5.41) is 10.8. The van der Waals surface area contributed by atoms with Gasteiger partial charge in [0.05, 0.1) is 11.0 Å². The van der Waals surface area contributed by atoms with Crippen LogP contribution in [-0.2, 0) is 0 Å². The van der Waals surface area contributed by atoms with E-state index in [1.165, 1.54) is 36.5 Å². The van der Waals surface area contributed by atoms with E-state index in [4.69, 9.17) is 14.4 Å². The number of hydrogen-bond acceptors (Lipinski definition) is 5. The Balaban J connectivity index is 1.00. The van der Waals surface area contributed by atoms with Crippen LogP contribution < -0.4 is 5.32 Å². The molecule has 3 aromatic heterocycles. The highest BCUT2D eigenvalue weighted by atomic mass is 32.1. The molecule has 1 aliphatic rings. The largest absolute Gasteiger partial charge is 0.455 e. The Hall–Kier alpha value is -7.28. The summed E-state index contributed by atoms with van der Waals surface area (Å²) < 4.78 is 11.8. The second kappa shape index (κ2) is 12.6. The monoisotopic (exact) mass is 748 g/mol. The molecule has 0 spiro atoms. The summed E-state index contributed by atoms with van der Waals surface area (Å²) >= 11 is 1.82. The summed E-state index contributed by atoms with van der Waals surface area (Å²) in [6.45, 7) is 0. The van der Waals surface area contributed by atoms with Crippen molar-refractivity contribution < 1.29 is 4.42 Å². The fraction of sp³-hybridized carbons (Fsp3) is 0.0196. The molecule has 1 N–H and O–H groups in total. The molecule has 8 aromatic carbocycles. The first-order chi connectivity index (χ1) is 28.2. The maximum atomic E-state index is 6.90. The summed E-state index contributed by atoms with van der Waals surface area (Å²) in [5.41, 5.74) is 10.3. The Kier molecular flexibility index (Phi) is 7.09. The first-order valence-corrected chi connectivity index (χ1v) is 20.0. The summed E-state index contributed by atoms with van der Waals surface area (Å²) in [6, 6.07) is 64.3. The zero-order chi connectivity index (χ0) is 37.5. The number of para-hydroxylation sites is 3. The molecule has 268 valence electrons. The summed E-state index contributed by atoms with van der Waals surface area (Å²) in [6.07, 6.45) is -0.321. The third kappa shape index (κ3) is 5.08. The fourth-order valence-corrected chi connectivity index (χ4v) is 9.81. The van der Waals surface area contributed by atoms with Gasteiger partial charge >= 0.3 is 0 Å². The van der Waals surface area contributed by atoms with Gasteiger partial charge in [-0.3, -0.25) is 0 Å². The smallest absolute Gasteiger partial charge is 0.159 e. The summed E-state index contributed by atoms with van der Waals surface area (Å²) in [7, 11) is 0. The predicted molar refractivity (Wildman–Crippen MR) is 238 cm³/mol. The minimum atomic E-state index is -0.321. The minimum absolute atomic E-state index is 0.321. The lowest BCUT2D eigenvalue weighted by molar-refractivity contribution is 0.668. The second-order valence-corrected chi connectivity index (χ2v) is 15.6. The van der Waals surface area contributed by atoms with Crippen molar-refractivity contribution in [3.05, 3.63) is 199 Å². The zero-order valence-electron chi connectivity index (χ0n) is 30.6. The number of furan rings is 1. The van der Waals surface area contributed by atoms with Gasteiger partial charge in [0.2, 0.25) is 0 Å². The van der Waals surface area contributed by atoms with E-state index >= 15 is 0 Å². The summed E-state index contributed by atoms with van der Waals surface area (Å²) in [4.78, 5) is 10.4. The van der Waals surface area contributed by atoms with Crippen LogP contribution in [0.5, 0.6) is 0 Å². The highest BCUT2D eigenvalue weighted by Crippen LogP contribution is 2.43. The molecular formula is C51H32N4OS. The van der Waals surface area contributed by atoms with Gasteiger partial charge in [-0.2, -0.15) is 0 Å². The van der Waals surface area contributed by atoms with E-state index in [1.54, 1.807) is 0 Å². The third-order valence-corrected chi connectivity index (χ3v) is 12.4. The van der Waals surface area contributed by atoms with Gasteiger partial charge < -0.3 is 14.3 Å². The van der Waals surface area contributed by atoms with E-state index < -0.39 is 0 Å². The number of benzene rings is 8. The number of aromatic nitrogens is 1. The van der Waals surface area contributed by atoms with Crippen molar-refractivity contribution >= 4 is 86.9 Å². The van der Waals surface area contributed by atoms with Gasteiger partial charge in [-0.25, -0.2) is 9.98 Å². The normalized spacial score (nSPS) is 14.5. The number of rotatable bonds is 5. The highest BCUT2D eigenvalue weighted by molar-refractivity contribution is 7.25. The standard InChI is InChI=1S/C51H32N4OS/c1-3-13-31(14-4-1)49-52-50(54-51(53-49)33-26-28-37-36-17-8-10-24-45(36)57-46(37)30-33)32-25-27-35-39-20-11-21-40(48(39)56-44(35)29-32)38-19-12-23-43-47(38)41-18-7-9-22-42(41)55(43)34-15-5-2-6-16-34/h1-30,51H,(H,52,53,54). The van der Waals surface area contributed by atoms with E-state index in [0.717, 1.165) is 66.8 Å². The lowest BCUT2D eigenvalue weighted by atomic mass is 9.97. The first-order valence-electron chi connectivity index (χ1n) is 19.2. The van der Waals surface area contributed by atoms with Crippen molar-refractivity contribution in [3.63, 3.8) is 0 Å². The van der Waals surface area contributed by atoms with E-state index in [9.17, 15) is 0 Å². The van der Waals surface area contributed by atoms with Gasteiger partial charge in [0, 0.05) is 64.1 Å². The average Bonchev–Trinajstić information content (AvgIpc) is 3.96. The van der Waals surface area contributed by atoms with Gasteiger partial charge in [-0.15, -0.1) is 11.3 Å². The van der Waals surface area contributed by atoms with Crippen molar-refractivity contribution in [2.24, 2.45) is 9.98 Å². The highest BCUT2D eigenvalue weighted by Gasteiger charge is 2.24. The average molecular weight is 749 g/mol. The van der Waals surface area contributed by atoms with Gasteiger partial charge in [0.15, 0.2) is 5.84 Å². The molecule has 5 nitrogen and oxygen atoms in total. The Morgan fingerprint density at radius 3 is 2.12 bits per heavy atom. The van der Waals surface area contributed by atoms with E-state index in [0.29, 0.717) is 5.84 Å². The van der Waals surface area contributed by atoms with Gasteiger partial charge in [-0.05, 0) is 59.7 Å². The van der Waals surface area contributed by atoms with Crippen LogP contribution in [0, 0.1) is 0 Å². The Morgan fingerprint density at radius 1 is 0.526 bits per heavy atom. The molecule has 0 amide bonds. The maximum Gasteiger partial charge on any atom is 0.159 e. The third-order valence-electron chi connectivity index (χ3n) is 11.3. The molecule has 1 unspecified atom stereocenters. The number of fused-ring (bicyclic) bond motifs is 9. The van der Waals surface area contributed by atoms with Crippen molar-refractivity contribution in [2.45, 2.75) is 6.17 Å². The number of hydrogen-bond donors (Lipinski definition) is 1. The molecule has 0 aliphatic carbocycles. The molecule has 57 heavy (non-hydrogen) atoms. The van der Waals surface area contributed by atoms with Crippen LogP contribution in [0.2, 0.25) is 0 Å². The molecule has 0 fully saturated rings. The van der Waals surface area contributed by atoms with Gasteiger partial charge in [0.25, 0.3) is 0 Å². The number of amidine groups is 2. The van der Waals surface area contributed by atoms with Gasteiger partial charge in [-0.1, -0.05) is 133 Å². The molecule has 12 rings (SSSR count). The second-order valence-electron chi connectivity index (χ2n) is 14.6. The molecule has 11 aromatic rings. The van der Waals surface area contributed by atoms with Crippen molar-refractivity contribution in [2.75, 3.05) is 0 Å². The summed E-state index contributed by atoms with van der Waals surface area (Å²) in [5.74, 6) is 1.45. The number of aliphatic imine (C=N–C) groups is 2. The number of thiophene rings is 1. The number of nitrogens with one attached hydrogen (secondary N) is 1. The van der Waals surface area contributed by atoms with Crippen molar-refractivity contribution in [3.8, 4) is 16.8 Å². The van der Waals surface area contributed by atoms with Crippen LogP contribution in [0.4, 0.5) is 0 Å². The van der Waals surface area contributed by atoms with Crippen LogP contribution in [0.3, 0.4) is 0 Å². The Morgan fingerprint density at radius 2 is 1.23 bits per heavy atom. The SMILES string of the molecule is c1ccc(C2=NC(c3ccc4c(c3)oc3c(-c5cccc6c5c5ccccc5n6-c5ccccc5)cccc34)=NC(c3ccc4c(c3)sc3ccccc34)N2)cc1. The van der Waals surface area contributed by atoms with Crippen LogP contribution in [0.15, 0.2) is 196 Å². The Labute approximate surface area is 331 Å². The molecule has 6 heteroatoms. The van der Waals surface area contributed by atoms with Crippen LogP contribution in [0.1, 0.15) is 22.9 Å². The molecule has 0 bridgehead atoms. The molecular weight excluding hydrogens is 717 g/mol. The lowest BCUT2D eigenvalue weighted by Gasteiger charge is -2.23. The number of nitrogens with zero attached hydrogens (tertiary/aromatic N) is 3. The fourth-order valence-electron chi connectivity index (χ4n) is 8.65.